The molecule has 24 heavy (non-hydrogen) atoms. The molecule has 0 amide bonds. The molecule has 1 aromatic carbocycles. The van der Waals surface area contributed by atoms with Crippen LogP contribution in [0, 0.1) is 0 Å². The molecule has 0 saturated heterocycles. The summed E-state index contributed by atoms with van der Waals surface area (Å²) >= 11 is 0. The van der Waals surface area contributed by atoms with Crippen molar-refractivity contribution < 1.29 is 8.42 Å². The first-order valence-electron chi connectivity index (χ1n) is 8.31. The van der Waals surface area contributed by atoms with Crippen molar-refractivity contribution in [2.24, 2.45) is 0 Å². The molecule has 7 heteroatoms. The number of aromatic nitrogens is 2. The van der Waals surface area contributed by atoms with Crippen molar-refractivity contribution in [3.63, 3.8) is 0 Å². The Morgan fingerprint density at radius 3 is 2.58 bits per heavy atom. The predicted molar refractivity (Wildman–Crippen MR) is 96.6 cm³/mol. The number of nitrogens with zero attached hydrogens (tertiary/aromatic N) is 2. The van der Waals surface area contributed by atoms with Crippen LogP contribution < -0.4 is 4.72 Å². The van der Waals surface area contributed by atoms with E-state index in [1.54, 1.807) is 13.2 Å². The molecule has 1 heterocycles. The molecule has 1 atom stereocenters. The lowest BCUT2D eigenvalue weighted by atomic mass is 10.2. The van der Waals surface area contributed by atoms with E-state index in [9.17, 15) is 8.42 Å². The maximum Gasteiger partial charge on any atom is 0.279 e. The number of nitrogens with one attached hydrogen (secondary N) is 2. The van der Waals surface area contributed by atoms with Crippen molar-refractivity contribution in [3.8, 4) is 11.3 Å². The summed E-state index contributed by atoms with van der Waals surface area (Å²) in [6.07, 6.45) is 4.15. The molecule has 132 valence electrons. The topological polar surface area (TPSA) is 78.1 Å². The van der Waals surface area contributed by atoms with Gasteiger partial charge in [0, 0.05) is 13.6 Å². The van der Waals surface area contributed by atoms with Crippen LogP contribution in [0.15, 0.2) is 36.5 Å². The second-order valence-corrected chi connectivity index (χ2v) is 7.62. The fourth-order valence-electron chi connectivity index (χ4n) is 2.38. The third-order valence-corrected chi connectivity index (χ3v) is 5.53. The molecule has 6 nitrogen and oxygen atoms in total. The van der Waals surface area contributed by atoms with Crippen molar-refractivity contribution in [2.45, 2.75) is 39.2 Å². The minimum atomic E-state index is -3.52. The Morgan fingerprint density at radius 1 is 1.25 bits per heavy atom. The summed E-state index contributed by atoms with van der Waals surface area (Å²) in [5.74, 6) is 0.629. The van der Waals surface area contributed by atoms with E-state index in [4.69, 9.17) is 0 Å². The molecule has 0 radical (unpaired) electrons. The van der Waals surface area contributed by atoms with E-state index in [1.807, 2.05) is 44.2 Å². The van der Waals surface area contributed by atoms with Crippen LogP contribution in [0.25, 0.3) is 11.3 Å². The number of H-pyrrole nitrogens is 1. The largest absolute Gasteiger partial charge is 0.341 e. The summed E-state index contributed by atoms with van der Waals surface area (Å²) in [5, 5.41) is 0. The fraction of sp³-hybridized carbons (Fsp3) is 0.471. The van der Waals surface area contributed by atoms with E-state index in [-0.39, 0.29) is 6.04 Å². The molecular formula is C17H26N4O2S. The van der Waals surface area contributed by atoms with E-state index < -0.39 is 10.2 Å². The Balaban J connectivity index is 2.13. The molecule has 1 aromatic heterocycles. The number of hydrogen-bond donors (Lipinski definition) is 2. The molecule has 0 aliphatic rings. The highest BCUT2D eigenvalue weighted by molar-refractivity contribution is 7.87. The average Bonchev–Trinajstić information content (AvgIpc) is 3.08. The minimum Gasteiger partial charge on any atom is -0.341 e. The van der Waals surface area contributed by atoms with Gasteiger partial charge in [0.15, 0.2) is 0 Å². The first-order valence-corrected chi connectivity index (χ1v) is 9.75. The summed E-state index contributed by atoms with van der Waals surface area (Å²) in [7, 11) is -1.92. The van der Waals surface area contributed by atoms with Crippen molar-refractivity contribution >= 4 is 10.2 Å². The van der Waals surface area contributed by atoms with Crippen LogP contribution >= 0.6 is 0 Å². The third-order valence-electron chi connectivity index (χ3n) is 3.95. The van der Waals surface area contributed by atoms with Crippen molar-refractivity contribution in [2.75, 3.05) is 13.6 Å². The number of rotatable bonds is 9. The lowest BCUT2D eigenvalue weighted by molar-refractivity contribution is 0.435. The van der Waals surface area contributed by atoms with Crippen LogP contribution in [-0.2, 0) is 10.2 Å². The lowest BCUT2D eigenvalue weighted by Gasteiger charge is -2.21. The van der Waals surface area contributed by atoms with Crippen LogP contribution in [0.4, 0.5) is 0 Å². The van der Waals surface area contributed by atoms with Gasteiger partial charge in [0.1, 0.15) is 5.82 Å². The molecule has 2 rings (SSSR count). The summed E-state index contributed by atoms with van der Waals surface area (Å²) in [5.41, 5.74) is 1.90. The summed E-state index contributed by atoms with van der Waals surface area (Å²) in [4.78, 5) is 7.60. The maximum absolute atomic E-state index is 12.4. The molecule has 2 N–H and O–H groups in total. The summed E-state index contributed by atoms with van der Waals surface area (Å²) in [6.45, 7) is 4.48. The maximum atomic E-state index is 12.4. The second kappa shape index (κ2) is 8.41. The van der Waals surface area contributed by atoms with Gasteiger partial charge < -0.3 is 4.98 Å². The Labute approximate surface area is 144 Å². The molecule has 0 aliphatic carbocycles. The van der Waals surface area contributed by atoms with E-state index in [0.717, 1.165) is 24.1 Å². The molecule has 0 saturated carbocycles. The monoisotopic (exact) mass is 350 g/mol. The summed E-state index contributed by atoms with van der Waals surface area (Å²) in [6, 6.07) is 9.46. The van der Waals surface area contributed by atoms with E-state index in [0.29, 0.717) is 18.8 Å². The lowest BCUT2D eigenvalue weighted by Crippen LogP contribution is -2.40. The molecular weight excluding hydrogens is 324 g/mol. The number of imidazole rings is 1. The standard InChI is InChI=1S/C17H26N4O2S/c1-4-6-12-21(3)24(22,23)20-15(5-2)17-18-13-16(19-17)14-10-8-7-9-11-14/h7-11,13,15,20H,4-6,12H2,1-3H3,(H,18,19). The van der Waals surface area contributed by atoms with E-state index in [2.05, 4.69) is 14.7 Å². The van der Waals surface area contributed by atoms with Crippen LogP contribution in [0.2, 0.25) is 0 Å². The highest BCUT2D eigenvalue weighted by Crippen LogP contribution is 2.21. The van der Waals surface area contributed by atoms with Gasteiger partial charge in [-0.15, -0.1) is 0 Å². The number of benzene rings is 1. The Kier molecular flexibility index (Phi) is 6.53. The predicted octanol–water partition coefficient (Wildman–Crippen LogP) is 3.09. The smallest absolute Gasteiger partial charge is 0.279 e. The average molecular weight is 350 g/mol. The molecule has 0 aliphatic heterocycles. The zero-order valence-electron chi connectivity index (χ0n) is 14.5. The Morgan fingerprint density at radius 2 is 1.96 bits per heavy atom. The van der Waals surface area contributed by atoms with Crippen molar-refractivity contribution in [3.05, 3.63) is 42.4 Å². The van der Waals surface area contributed by atoms with Gasteiger partial charge in [-0.1, -0.05) is 50.6 Å². The van der Waals surface area contributed by atoms with Crippen LogP contribution in [0.5, 0.6) is 0 Å². The highest BCUT2D eigenvalue weighted by atomic mass is 32.2. The minimum absolute atomic E-state index is 0.378. The Bertz CT molecular complexity index is 728. The van der Waals surface area contributed by atoms with Gasteiger partial charge in [0.05, 0.1) is 17.9 Å². The zero-order chi connectivity index (χ0) is 17.6. The summed E-state index contributed by atoms with van der Waals surface area (Å²) < 4.78 is 29.0. The second-order valence-electron chi connectivity index (χ2n) is 5.81. The van der Waals surface area contributed by atoms with Gasteiger partial charge in [-0.05, 0) is 18.4 Å². The van der Waals surface area contributed by atoms with E-state index in [1.165, 1.54) is 4.31 Å². The van der Waals surface area contributed by atoms with Crippen LogP contribution in [0.3, 0.4) is 0 Å². The highest BCUT2D eigenvalue weighted by Gasteiger charge is 2.24. The molecule has 0 fully saturated rings. The Hall–Kier alpha value is -1.70. The molecule has 0 spiro atoms. The van der Waals surface area contributed by atoms with Gasteiger partial charge in [0.25, 0.3) is 10.2 Å². The van der Waals surface area contributed by atoms with Gasteiger partial charge in [-0.25, -0.2) is 4.98 Å². The molecule has 1 unspecified atom stereocenters. The third kappa shape index (κ3) is 4.66. The normalized spacial score (nSPS) is 13.3. The zero-order valence-corrected chi connectivity index (χ0v) is 15.3. The molecule has 2 aromatic rings. The van der Waals surface area contributed by atoms with Gasteiger partial charge >= 0.3 is 0 Å². The van der Waals surface area contributed by atoms with Crippen LogP contribution in [-0.4, -0.2) is 36.3 Å². The van der Waals surface area contributed by atoms with Gasteiger partial charge in [-0.2, -0.15) is 17.4 Å². The molecule has 0 bridgehead atoms. The van der Waals surface area contributed by atoms with Gasteiger partial charge in [0.2, 0.25) is 0 Å². The number of hydrogen-bond acceptors (Lipinski definition) is 3. The quantitative estimate of drug-likeness (QED) is 0.729. The van der Waals surface area contributed by atoms with Crippen molar-refractivity contribution in [1.29, 1.82) is 0 Å². The van der Waals surface area contributed by atoms with Crippen molar-refractivity contribution in [1.82, 2.24) is 19.0 Å². The van der Waals surface area contributed by atoms with Gasteiger partial charge in [-0.3, -0.25) is 0 Å². The first-order chi connectivity index (χ1) is 11.5. The van der Waals surface area contributed by atoms with E-state index >= 15 is 0 Å². The first kappa shape index (κ1) is 18.6. The SMILES string of the molecule is CCCCN(C)S(=O)(=O)NC(CC)c1ncc(-c2ccccc2)[nH]1. The number of aromatic amines is 1. The fourth-order valence-corrected chi connectivity index (χ4v) is 3.57. The van der Waals surface area contributed by atoms with Crippen LogP contribution in [0.1, 0.15) is 45.0 Å². The number of unbranched alkanes of at least 4 members (excludes halogenated alkanes) is 1.